The number of nitro groups is 1. The molecular formula is C28H35F3N4O4. The van der Waals surface area contributed by atoms with E-state index in [2.05, 4.69) is 48.3 Å². The second-order valence-electron chi connectivity index (χ2n) is 10.6. The molecule has 2 fully saturated rings. The maximum Gasteiger partial charge on any atom is 0.423 e. The van der Waals surface area contributed by atoms with Gasteiger partial charge >= 0.3 is 6.18 Å². The minimum Gasteiger partial charge on any atom is -0.382 e. The molecule has 2 aromatic rings. The lowest BCUT2D eigenvalue weighted by molar-refractivity contribution is -0.388. The number of ether oxygens (including phenoxy) is 1. The quantitative estimate of drug-likeness (QED) is 0.348. The smallest absolute Gasteiger partial charge is 0.382 e. The van der Waals surface area contributed by atoms with Gasteiger partial charge in [-0.05, 0) is 70.7 Å². The normalized spacial score (nSPS) is 23.9. The number of aryl methyl sites for hydroxylation is 1. The number of halogens is 3. The SMILES string of the molecule is Cc1ccc(N2C[C@@H](C)N(C(=O)COC3CCC(Nc4ccc([N+](=O)[O-])c(C(F)(F)F)c4)CC3)C[C@@H]2C)cc1. The highest BCUT2D eigenvalue weighted by Gasteiger charge is 2.39. The molecule has 1 heterocycles. The van der Waals surface area contributed by atoms with Crippen molar-refractivity contribution in [2.45, 2.75) is 76.9 Å². The summed E-state index contributed by atoms with van der Waals surface area (Å²) in [6, 6.07) is 11.5. The zero-order chi connectivity index (χ0) is 28.3. The molecule has 39 heavy (non-hydrogen) atoms. The number of rotatable bonds is 7. The molecule has 212 valence electrons. The average molecular weight is 549 g/mol. The fourth-order valence-electron chi connectivity index (χ4n) is 5.46. The summed E-state index contributed by atoms with van der Waals surface area (Å²) in [6.45, 7) is 7.58. The summed E-state index contributed by atoms with van der Waals surface area (Å²) < 4.78 is 45.8. The molecule has 4 rings (SSSR count). The largest absolute Gasteiger partial charge is 0.423 e. The van der Waals surface area contributed by atoms with Crippen molar-refractivity contribution < 1.29 is 27.6 Å². The van der Waals surface area contributed by atoms with E-state index >= 15 is 0 Å². The second-order valence-corrected chi connectivity index (χ2v) is 10.6. The third-order valence-corrected chi connectivity index (χ3v) is 7.66. The van der Waals surface area contributed by atoms with Gasteiger partial charge in [0.05, 0.1) is 11.0 Å². The summed E-state index contributed by atoms with van der Waals surface area (Å²) in [7, 11) is 0. The Hall–Kier alpha value is -3.34. The van der Waals surface area contributed by atoms with Crippen molar-refractivity contribution in [3.05, 3.63) is 63.7 Å². The average Bonchev–Trinajstić information content (AvgIpc) is 2.89. The highest BCUT2D eigenvalue weighted by Crippen LogP contribution is 2.38. The second kappa shape index (κ2) is 11.8. The van der Waals surface area contributed by atoms with Gasteiger partial charge < -0.3 is 19.9 Å². The van der Waals surface area contributed by atoms with Gasteiger partial charge in [-0.2, -0.15) is 13.2 Å². The van der Waals surface area contributed by atoms with Crippen molar-refractivity contribution in [3.8, 4) is 0 Å². The summed E-state index contributed by atoms with van der Waals surface area (Å²) in [4.78, 5) is 27.2. The van der Waals surface area contributed by atoms with Gasteiger partial charge in [-0.1, -0.05) is 17.7 Å². The van der Waals surface area contributed by atoms with Crippen LogP contribution in [0.4, 0.5) is 30.2 Å². The summed E-state index contributed by atoms with van der Waals surface area (Å²) in [5.41, 5.74) is 0.320. The van der Waals surface area contributed by atoms with Crippen LogP contribution < -0.4 is 10.2 Å². The van der Waals surface area contributed by atoms with Gasteiger partial charge in [0.25, 0.3) is 5.69 Å². The van der Waals surface area contributed by atoms with Crippen molar-refractivity contribution in [1.29, 1.82) is 0 Å². The molecule has 2 aliphatic rings. The summed E-state index contributed by atoms with van der Waals surface area (Å²) in [5, 5.41) is 14.0. The van der Waals surface area contributed by atoms with Gasteiger partial charge in [-0.3, -0.25) is 14.9 Å². The predicted octanol–water partition coefficient (Wildman–Crippen LogP) is 5.79. The van der Waals surface area contributed by atoms with Crippen LogP contribution in [0.5, 0.6) is 0 Å². The van der Waals surface area contributed by atoms with Gasteiger partial charge in [-0.25, -0.2) is 0 Å². The third kappa shape index (κ3) is 7.00. The molecule has 1 saturated heterocycles. The molecule has 0 spiro atoms. The first kappa shape index (κ1) is 28.7. The lowest BCUT2D eigenvalue weighted by Gasteiger charge is -2.45. The fraction of sp³-hybridized carbons (Fsp3) is 0.536. The van der Waals surface area contributed by atoms with Gasteiger partial charge in [0.2, 0.25) is 5.91 Å². The Morgan fingerprint density at radius 3 is 2.33 bits per heavy atom. The van der Waals surface area contributed by atoms with Crippen LogP contribution in [-0.4, -0.2) is 59.7 Å². The van der Waals surface area contributed by atoms with E-state index in [0.717, 1.165) is 24.4 Å². The summed E-state index contributed by atoms with van der Waals surface area (Å²) >= 11 is 0. The van der Waals surface area contributed by atoms with E-state index in [1.54, 1.807) is 0 Å². The molecular weight excluding hydrogens is 513 g/mol. The van der Waals surface area contributed by atoms with Gasteiger partial charge in [-0.15, -0.1) is 0 Å². The topological polar surface area (TPSA) is 88.0 Å². The van der Waals surface area contributed by atoms with Crippen molar-refractivity contribution in [1.82, 2.24) is 4.90 Å². The van der Waals surface area contributed by atoms with E-state index in [9.17, 15) is 28.1 Å². The van der Waals surface area contributed by atoms with Crippen LogP contribution in [0.3, 0.4) is 0 Å². The first-order valence-corrected chi connectivity index (χ1v) is 13.3. The van der Waals surface area contributed by atoms with Gasteiger partial charge in [0.1, 0.15) is 12.2 Å². The van der Waals surface area contributed by atoms with Crippen molar-refractivity contribution in [2.24, 2.45) is 0 Å². The molecule has 0 radical (unpaired) electrons. The number of nitrogens with zero attached hydrogens (tertiary/aromatic N) is 3. The first-order valence-electron chi connectivity index (χ1n) is 13.3. The third-order valence-electron chi connectivity index (χ3n) is 7.66. The van der Waals surface area contributed by atoms with Crippen LogP contribution in [0.1, 0.15) is 50.7 Å². The van der Waals surface area contributed by atoms with Gasteiger partial charge in [0, 0.05) is 48.7 Å². The number of piperazine rings is 1. The standard InChI is InChI=1S/C28H35F3N4O4/c1-18-4-9-23(10-5-18)33-15-20(3)34(16-19(33)2)27(36)17-39-24-11-6-21(7-12-24)32-22-8-13-26(35(37)38)25(14-22)28(29,30)31/h4-5,8-10,13-14,19-21,24,32H,6-7,11-12,15-17H2,1-3H3/t19-,20+,21?,24?/m0/s1. The highest BCUT2D eigenvalue weighted by molar-refractivity contribution is 5.78. The molecule has 1 aliphatic carbocycles. The minimum atomic E-state index is -4.82. The Balaban J connectivity index is 1.25. The Morgan fingerprint density at radius 2 is 1.72 bits per heavy atom. The zero-order valence-electron chi connectivity index (χ0n) is 22.4. The lowest BCUT2D eigenvalue weighted by Crippen LogP contribution is -2.59. The number of amides is 1. The molecule has 1 amide bonds. The Labute approximate surface area is 226 Å². The molecule has 0 unspecified atom stereocenters. The van der Waals surface area contributed by atoms with Gasteiger partial charge in [0.15, 0.2) is 0 Å². The van der Waals surface area contributed by atoms with Crippen molar-refractivity contribution in [2.75, 3.05) is 29.9 Å². The number of nitrogens with one attached hydrogen (secondary N) is 1. The molecule has 1 N–H and O–H groups in total. The maximum absolute atomic E-state index is 13.3. The van der Waals surface area contributed by atoms with E-state index in [-0.39, 0.29) is 42.4 Å². The number of alkyl halides is 3. The Kier molecular flexibility index (Phi) is 8.68. The number of hydrogen-bond donors (Lipinski definition) is 1. The lowest BCUT2D eigenvalue weighted by atomic mass is 9.92. The number of carbonyl (C=O) groups is 1. The van der Waals surface area contributed by atoms with Crippen LogP contribution in [0.15, 0.2) is 42.5 Å². The molecule has 8 nitrogen and oxygen atoms in total. The van der Waals surface area contributed by atoms with E-state index in [4.69, 9.17) is 4.74 Å². The highest BCUT2D eigenvalue weighted by atomic mass is 19.4. The van der Waals surface area contributed by atoms with Crippen LogP contribution in [-0.2, 0) is 15.7 Å². The molecule has 2 aromatic carbocycles. The summed E-state index contributed by atoms with van der Waals surface area (Å²) in [6.07, 6.45) is -2.29. The van der Waals surface area contributed by atoms with Crippen molar-refractivity contribution >= 4 is 23.0 Å². The van der Waals surface area contributed by atoms with E-state index < -0.39 is 22.4 Å². The number of carbonyl (C=O) groups excluding carboxylic acids is 1. The van der Waals surface area contributed by atoms with Crippen LogP contribution in [0, 0.1) is 17.0 Å². The first-order chi connectivity index (χ1) is 18.4. The number of hydrogen-bond acceptors (Lipinski definition) is 6. The maximum atomic E-state index is 13.3. The molecule has 0 aromatic heterocycles. The summed E-state index contributed by atoms with van der Waals surface area (Å²) in [5.74, 6) is -0.0382. The fourth-order valence-corrected chi connectivity index (χ4v) is 5.46. The van der Waals surface area contributed by atoms with E-state index in [1.165, 1.54) is 11.6 Å². The van der Waals surface area contributed by atoms with Crippen molar-refractivity contribution in [3.63, 3.8) is 0 Å². The number of anilines is 2. The van der Waals surface area contributed by atoms with E-state index in [0.29, 0.717) is 32.2 Å². The molecule has 0 bridgehead atoms. The molecule has 11 heteroatoms. The number of nitro benzene ring substituents is 1. The molecule has 2 atom stereocenters. The van der Waals surface area contributed by atoms with Crippen LogP contribution in [0.25, 0.3) is 0 Å². The van der Waals surface area contributed by atoms with E-state index in [1.807, 2.05) is 11.8 Å². The predicted molar refractivity (Wildman–Crippen MR) is 143 cm³/mol. The molecule has 1 aliphatic heterocycles. The Bertz CT molecular complexity index is 1170. The van der Waals surface area contributed by atoms with Crippen LogP contribution >= 0.6 is 0 Å². The molecule has 1 saturated carbocycles. The monoisotopic (exact) mass is 548 g/mol. The Morgan fingerprint density at radius 1 is 1.05 bits per heavy atom. The number of benzene rings is 2. The van der Waals surface area contributed by atoms with Crippen LogP contribution in [0.2, 0.25) is 0 Å². The zero-order valence-corrected chi connectivity index (χ0v) is 22.4. The minimum absolute atomic E-state index is 0.00164.